The number of urea groups is 1. The number of unbranched alkanes of at least 4 members (excludes halogenated alkanes) is 2. The fourth-order valence-electron chi connectivity index (χ4n) is 4.82. The summed E-state index contributed by atoms with van der Waals surface area (Å²) in [4.78, 5) is 46.0. The van der Waals surface area contributed by atoms with Gasteiger partial charge in [0, 0.05) is 19.5 Å². The largest absolute Gasteiger partial charge is 0.465 e. The number of carbonyl (C=O) groups is 3. The van der Waals surface area contributed by atoms with Crippen molar-refractivity contribution < 1.29 is 32.3 Å². The second kappa shape index (κ2) is 15.1. The summed E-state index contributed by atoms with van der Waals surface area (Å²) in [5.74, 6) is -0.0938. The fourth-order valence-corrected chi connectivity index (χ4v) is 4.82. The number of aromatic nitrogens is 2. The number of imide groups is 1. The number of rotatable bonds is 12. The van der Waals surface area contributed by atoms with Gasteiger partial charge < -0.3 is 9.30 Å². The number of hydrogen-bond donors (Lipinski definition) is 0. The molecule has 0 saturated carbocycles. The maximum absolute atomic E-state index is 13.6. The van der Waals surface area contributed by atoms with Gasteiger partial charge >= 0.3 is 18.2 Å². The molecular formula is C32H36ClF3N4O4. The number of ether oxygens (including phenoxy) is 1. The van der Waals surface area contributed by atoms with Gasteiger partial charge in [0.1, 0.15) is 11.5 Å². The van der Waals surface area contributed by atoms with Gasteiger partial charge in [0.2, 0.25) is 0 Å². The molecule has 0 spiro atoms. The maximum atomic E-state index is 13.6. The lowest BCUT2D eigenvalue weighted by molar-refractivity contribution is -0.137. The zero-order chi connectivity index (χ0) is 31.1. The van der Waals surface area contributed by atoms with Gasteiger partial charge in [0.05, 0.1) is 36.7 Å². The number of hydrogen-bond acceptors (Lipinski definition) is 5. The molecule has 0 bridgehead atoms. The molecular weight excluding hydrogens is 597 g/mol. The summed E-state index contributed by atoms with van der Waals surface area (Å²) in [5.41, 5.74) is 1.72. The Labute approximate surface area is 260 Å². The van der Waals surface area contributed by atoms with Crippen LogP contribution in [0.5, 0.6) is 0 Å². The van der Waals surface area contributed by atoms with Crippen LogP contribution in [0.4, 0.5) is 18.0 Å². The van der Waals surface area contributed by atoms with E-state index >= 15 is 0 Å². The summed E-state index contributed by atoms with van der Waals surface area (Å²) in [6, 6.07) is 11.1. The van der Waals surface area contributed by atoms with Crippen LogP contribution in [-0.4, -0.2) is 50.9 Å². The number of esters is 1. The van der Waals surface area contributed by atoms with E-state index in [4.69, 9.17) is 4.74 Å². The van der Waals surface area contributed by atoms with Crippen LogP contribution in [0.15, 0.2) is 60.4 Å². The molecule has 236 valence electrons. The van der Waals surface area contributed by atoms with Crippen LogP contribution in [0.25, 0.3) is 6.08 Å². The Kier molecular flexibility index (Phi) is 11.8. The third kappa shape index (κ3) is 7.88. The lowest BCUT2D eigenvalue weighted by Gasteiger charge is -2.18. The third-order valence-corrected chi connectivity index (χ3v) is 7.30. The van der Waals surface area contributed by atoms with Gasteiger partial charge in [0.25, 0.3) is 5.91 Å². The number of benzene rings is 2. The Morgan fingerprint density at radius 3 is 2.11 bits per heavy atom. The van der Waals surface area contributed by atoms with E-state index in [1.807, 2.05) is 23.6 Å². The van der Waals surface area contributed by atoms with E-state index in [0.29, 0.717) is 36.2 Å². The average molecular weight is 633 g/mol. The molecule has 0 aliphatic carbocycles. The second-order valence-corrected chi connectivity index (χ2v) is 10.4. The van der Waals surface area contributed by atoms with Crippen LogP contribution in [0.3, 0.4) is 0 Å². The summed E-state index contributed by atoms with van der Waals surface area (Å²) < 4.78 is 46.1. The van der Waals surface area contributed by atoms with E-state index in [-0.39, 0.29) is 31.2 Å². The van der Waals surface area contributed by atoms with Gasteiger partial charge in [-0.2, -0.15) is 13.2 Å². The van der Waals surface area contributed by atoms with Crippen molar-refractivity contribution in [3.63, 3.8) is 0 Å². The van der Waals surface area contributed by atoms with Crippen molar-refractivity contribution >= 4 is 36.4 Å². The molecule has 1 aromatic heterocycles. The van der Waals surface area contributed by atoms with Crippen molar-refractivity contribution in [2.24, 2.45) is 0 Å². The zero-order valence-corrected chi connectivity index (χ0v) is 25.7. The monoisotopic (exact) mass is 632 g/mol. The van der Waals surface area contributed by atoms with Crippen molar-refractivity contribution in [3.05, 3.63) is 94.2 Å². The highest BCUT2D eigenvalue weighted by Gasteiger charge is 2.41. The number of nitrogens with zero attached hydrogens (tertiary/aromatic N) is 4. The number of methoxy groups -OCH3 is 1. The Hall–Kier alpha value is -4.12. The minimum atomic E-state index is -4.48. The first-order valence-electron chi connectivity index (χ1n) is 14.3. The van der Waals surface area contributed by atoms with Crippen molar-refractivity contribution in [2.45, 2.75) is 65.2 Å². The molecule has 0 radical (unpaired) electrons. The van der Waals surface area contributed by atoms with Crippen LogP contribution in [0, 0.1) is 0 Å². The van der Waals surface area contributed by atoms with E-state index in [0.717, 1.165) is 42.8 Å². The van der Waals surface area contributed by atoms with E-state index < -0.39 is 29.6 Å². The molecule has 1 saturated heterocycles. The van der Waals surface area contributed by atoms with E-state index in [2.05, 4.69) is 11.9 Å². The predicted molar refractivity (Wildman–Crippen MR) is 162 cm³/mol. The van der Waals surface area contributed by atoms with Gasteiger partial charge in [-0.25, -0.2) is 14.6 Å². The van der Waals surface area contributed by atoms with Crippen LogP contribution < -0.4 is 0 Å². The molecule has 44 heavy (non-hydrogen) atoms. The smallest absolute Gasteiger partial charge is 0.416 e. The van der Waals surface area contributed by atoms with Crippen molar-refractivity contribution in [1.29, 1.82) is 0 Å². The number of aryl methyl sites for hydroxylation is 1. The molecule has 0 unspecified atom stereocenters. The first kappa shape index (κ1) is 34.4. The highest BCUT2D eigenvalue weighted by atomic mass is 35.5. The number of carbonyl (C=O) groups excluding carboxylic acids is 3. The molecule has 2 aromatic carbocycles. The second-order valence-electron chi connectivity index (χ2n) is 10.4. The molecule has 0 atom stereocenters. The lowest BCUT2D eigenvalue weighted by Crippen LogP contribution is -2.33. The van der Waals surface area contributed by atoms with Crippen LogP contribution in [0.2, 0.25) is 0 Å². The molecule has 12 heteroatoms. The fraction of sp³-hybridized carbons (Fsp3) is 0.375. The molecule has 3 aromatic rings. The number of halogens is 4. The first-order chi connectivity index (χ1) is 20.6. The summed E-state index contributed by atoms with van der Waals surface area (Å²) in [7, 11) is 1.32. The quantitative estimate of drug-likeness (QED) is 0.121. The average Bonchev–Trinajstić information content (AvgIpc) is 3.47. The molecule has 0 N–H and O–H groups in total. The van der Waals surface area contributed by atoms with Crippen molar-refractivity contribution in [3.8, 4) is 0 Å². The van der Waals surface area contributed by atoms with Gasteiger partial charge in [0.15, 0.2) is 0 Å². The van der Waals surface area contributed by atoms with E-state index in [9.17, 15) is 27.6 Å². The Balaban J connectivity index is 0.00000529. The Bertz CT molecular complexity index is 1480. The summed E-state index contributed by atoms with van der Waals surface area (Å²) in [5, 5.41) is 0. The molecule has 1 fully saturated rings. The normalized spacial score (nSPS) is 14.4. The van der Waals surface area contributed by atoms with Gasteiger partial charge in [-0.15, -0.1) is 12.4 Å². The predicted octanol–water partition coefficient (Wildman–Crippen LogP) is 7.11. The minimum Gasteiger partial charge on any atom is -0.465 e. The number of alkyl halides is 3. The highest BCUT2D eigenvalue weighted by molar-refractivity contribution is 6.13. The molecule has 8 nitrogen and oxygen atoms in total. The molecule has 4 rings (SSSR count). The summed E-state index contributed by atoms with van der Waals surface area (Å²) in [6.07, 6.45) is 2.76. The SMILES string of the molecule is CCCCc1ncc(/C=C2/C(=O)N(CCCC)C(=O)N2Cc2ccc(C(F)(F)F)cc2)n1Cc1ccc(C(=O)OC)cc1.Cl. The standard InChI is InChI=1S/C32H35F3N4O4.ClH/c1-4-6-8-28-36-19-26(38(28)20-22-9-13-24(14-10-22)30(41)43-3)18-27-29(40)37(17-7-5-2)31(42)39(27)21-23-11-15-25(16-12-23)32(33,34)35;/h9-16,18-19H,4-8,17,20-21H2,1-3H3;1H/b27-18-;. The molecule has 1 aliphatic rings. The molecule has 3 amide bonds. The van der Waals surface area contributed by atoms with E-state index in [1.54, 1.807) is 24.4 Å². The Morgan fingerprint density at radius 2 is 1.52 bits per heavy atom. The minimum absolute atomic E-state index is 0. The number of imidazole rings is 1. The Morgan fingerprint density at radius 1 is 0.909 bits per heavy atom. The summed E-state index contributed by atoms with van der Waals surface area (Å²) >= 11 is 0. The van der Waals surface area contributed by atoms with Gasteiger partial charge in [-0.3, -0.25) is 14.6 Å². The molecule has 1 aliphatic heterocycles. The van der Waals surface area contributed by atoms with Crippen molar-refractivity contribution in [1.82, 2.24) is 19.4 Å². The lowest BCUT2D eigenvalue weighted by atomic mass is 10.1. The van der Waals surface area contributed by atoms with Crippen LogP contribution in [0.1, 0.15) is 78.1 Å². The number of amides is 3. The molecule has 2 heterocycles. The first-order valence-corrected chi connectivity index (χ1v) is 14.3. The van der Waals surface area contributed by atoms with E-state index in [1.165, 1.54) is 29.0 Å². The zero-order valence-electron chi connectivity index (χ0n) is 24.9. The van der Waals surface area contributed by atoms with Gasteiger partial charge in [-0.1, -0.05) is 51.0 Å². The van der Waals surface area contributed by atoms with Crippen LogP contribution in [-0.2, 0) is 35.2 Å². The summed E-state index contributed by atoms with van der Waals surface area (Å²) in [6.45, 7) is 4.61. The van der Waals surface area contributed by atoms with Crippen molar-refractivity contribution in [2.75, 3.05) is 13.7 Å². The highest BCUT2D eigenvalue weighted by Crippen LogP contribution is 2.31. The van der Waals surface area contributed by atoms with Gasteiger partial charge in [-0.05, 0) is 54.3 Å². The van der Waals surface area contributed by atoms with Crippen LogP contribution >= 0.6 is 12.4 Å². The maximum Gasteiger partial charge on any atom is 0.416 e. The topological polar surface area (TPSA) is 84.7 Å². The third-order valence-electron chi connectivity index (χ3n) is 7.30.